The van der Waals surface area contributed by atoms with Crippen LogP contribution in [0.4, 0.5) is 14.5 Å². The Morgan fingerprint density at radius 1 is 1.08 bits per heavy atom. The average molecular weight is 393 g/mol. The largest absolute Gasteiger partial charge is 0.324 e. The smallest absolute Gasteiger partial charge is 0.238 e. The molecular weight excluding hydrogens is 378 g/mol. The number of nitrogens with one attached hydrogen (secondary N) is 2. The van der Waals surface area contributed by atoms with Crippen LogP contribution in [0.2, 0.25) is 5.02 Å². The number of hydrogen-bond acceptors (Lipinski definition) is 3. The van der Waals surface area contributed by atoms with Crippen molar-refractivity contribution in [3.8, 4) is 0 Å². The summed E-state index contributed by atoms with van der Waals surface area (Å²) in [6.45, 7) is 0.00759. The van der Waals surface area contributed by atoms with Gasteiger partial charge in [-0.2, -0.15) is 0 Å². The van der Waals surface area contributed by atoms with Crippen LogP contribution < -0.4 is 10.6 Å². The van der Waals surface area contributed by atoms with Gasteiger partial charge in [0.2, 0.25) is 5.91 Å². The van der Waals surface area contributed by atoms with Gasteiger partial charge in [-0.1, -0.05) is 29.8 Å². The first-order valence-corrected chi connectivity index (χ1v) is 9.06. The van der Waals surface area contributed by atoms with Gasteiger partial charge in [-0.15, -0.1) is 11.3 Å². The van der Waals surface area contributed by atoms with Crippen LogP contribution in [0, 0.1) is 11.6 Å². The number of carbonyl (C=O) groups excluding carboxylic acids is 1. The molecule has 3 aromatic rings. The van der Waals surface area contributed by atoms with Crippen LogP contribution in [0.1, 0.15) is 16.5 Å². The molecule has 0 unspecified atom stereocenters. The maximum Gasteiger partial charge on any atom is 0.238 e. The highest BCUT2D eigenvalue weighted by atomic mass is 35.5. The van der Waals surface area contributed by atoms with Crippen LogP contribution >= 0.6 is 22.9 Å². The molecule has 7 heteroatoms. The van der Waals surface area contributed by atoms with Gasteiger partial charge in [-0.05, 0) is 47.3 Å². The molecule has 0 spiro atoms. The van der Waals surface area contributed by atoms with Crippen molar-refractivity contribution >= 4 is 34.5 Å². The first-order valence-electron chi connectivity index (χ1n) is 7.80. The van der Waals surface area contributed by atoms with Gasteiger partial charge in [-0.25, -0.2) is 8.78 Å². The van der Waals surface area contributed by atoms with Gasteiger partial charge in [0.15, 0.2) is 0 Å². The van der Waals surface area contributed by atoms with Crippen molar-refractivity contribution in [2.24, 2.45) is 0 Å². The fraction of sp³-hybridized carbons (Fsp3) is 0.105. The van der Waals surface area contributed by atoms with Crippen LogP contribution in [0.3, 0.4) is 0 Å². The third kappa shape index (κ3) is 4.66. The number of hydrogen-bond donors (Lipinski definition) is 2. The Hall–Kier alpha value is -2.28. The molecule has 0 aliphatic rings. The lowest BCUT2D eigenvalue weighted by Gasteiger charge is -2.18. The lowest BCUT2D eigenvalue weighted by Crippen LogP contribution is -2.31. The van der Waals surface area contributed by atoms with Crippen LogP contribution in [0.5, 0.6) is 0 Å². The number of benzene rings is 2. The number of rotatable bonds is 6. The Morgan fingerprint density at radius 2 is 1.81 bits per heavy atom. The maximum absolute atomic E-state index is 13.2. The second-order valence-electron chi connectivity index (χ2n) is 5.55. The second kappa shape index (κ2) is 8.40. The third-order valence-corrected chi connectivity index (χ3v) is 4.95. The normalized spacial score (nSPS) is 12.0. The van der Waals surface area contributed by atoms with E-state index in [0.717, 1.165) is 16.5 Å². The third-order valence-electron chi connectivity index (χ3n) is 3.70. The standard InChI is InChI=1S/C19H15ClF2N2OS/c20-15-10-14(22)7-8-16(15)24-18(25)11-23-19(17-2-1-9-26-17)12-3-5-13(21)6-4-12/h1-10,19,23H,11H2,(H,24,25)/t19-/m1/s1. The molecule has 3 rings (SSSR count). The molecule has 1 aromatic heterocycles. The van der Waals surface area contributed by atoms with Crippen molar-refractivity contribution in [3.63, 3.8) is 0 Å². The van der Waals surface area contributed by atoms with Gasteiger partial charge in [0, 0.05) is 4.88 Å². The molecule has 0 radical (unpaired) electrons. The molecule has 1 atom stereocenters. The van der Waals surface area contributed by atoms with Gasteiger partial charge < -0.3 is 5.32 Å². The number of amides is 1. The highest BCUT2D eigenvalue weighted by Gasteiger charge is 2.16. The zero-order valence-electron chi connectivity index (χ0n) is 13.5. The highest BCUT2D eigenvalue weighted by Crippen LogP contribution is 2.26. The van der Waals surface area contributed by atoms with Gasteiger partial charge in [0.25, 0.3) is 0 Å². The molecule has 134 valence electrons. The molecule has 2 N–H and O–H groups in total. The van der Waals surface area contributed by atoms with E-state index in [4.69, 9.17) is 11.6 Å². The van der Waals surface area contributed by atoms with Crippen molar-refractivity contribution < 1.29 is 13.6 Å². The van der Waals surface area contributed by atoms with Crippen molar-refractivity contribution in [1.82, 2.24) is 5.32 Å². The zero-order valence-corrected chi connectivity index (χ0v) is 15.1. The molecule has 0 aliphatic carbocycles. The first kappa shape index (κ1) is 18.5. The monoisotopic (exact) mass is 392 g/mol. The van der Waals surface area contributed by atoms with Gasteiger partial charge in [-0.3, -0.25) is 10.1 Å². The second-order valence-corrected chi connectivity index (χ2v) is 6.94. The first-order chi connectivity index (χ1) is 12.5. The molecule has 3 nitrogen and oxygen atoms in total. The van der Waals surface area contributed by atoms with Crippen molar-refractivity contribution in [1.29, 1.82) is 0 Å². The average Bonchev–Trinajstić information content (AvgIpc) is 3.13. The van der Waals surface area contributed by atoms with E-state index >= 15 is 0 Å². The lowest BCUT2D eigenvalue weighted by atomic mass is 10.1. The molecule has 0 bridgehead atoms. The molecule has 1 heterocycles. The summed E-state index contributed by atoms with van der Waals surface area (Å²) in [7, 11) is 0. The van der Waals surface area contributed by atoms with Crippen molar-refractivity contribution in [2.45, 2.75) is 6.04 Å². The summed E-state index contributed by atoms with van der Waals surface area (Å²) in [5.41, 5.74) is 1.19. The number of halogens is 3. The van der Waals surface area contributed by atoms with E-state index in [9.17, 15) is 13.6 Å². The Bertz CT molecular complexity index is 885. The van der Waals surface area contributed by atoms with E-state index in [2.05, 4.69) is 10.6 Å². The summed E-state index contributed by atoms with van der Waals surface area (Å²) < 4.78 is 26.3. The summed E-state index contributed by atoms with van der Waals surface area (Å²) in [4.78, 5) is 13.2. The molecule has 2 aromatic carbocycles. The molecule has 26 heavy (non-hydrogen) atoms. The SMILES string of the molecule is O=C(CN[C@H](c1ccc(F)cc1)c1cccs1)Nc1ccc(F)cc1Cl. The van der Waals surface area contributed by atoms with Crippen molar-refractivity contribution in [3.05, 3.63) is 87.1 Å². The fourth-order valence-corrected chi connectivity index (χ4v) is 3.51. The van der Waals surface area contributed by atoms with E-state index in [1.807, 2.05) is 17.5 Å². The maximum atomic E-state index is 13.2. The summed E-state index contributed by atoms with van der Waals surface area (Å²) >= 11 is 7.46. The number of anilines is 1. The van der Waals surface area contributed by atoms with Crippen molar-refractivity contribution in [2.75, 3.05) is 11.9 Å². The quantitative estimate of drug-likeness (QED) is 0.620. The topological polar surface area (TPSA) is 41.1 Å². The van der Waals surface area contributed by atoms with E-state index in [1.165, 1.54) is 35.6 Å². The van der Waals surface area contributed by atoms with Crippen LogP contribution in [0.15, 0.2) is 60.0 Å². The predicted molar refractivity (Wildman–Crippen MR) is 101 cm³/mol. The van der Waals surface area contributed by atoms with E-state index < -0.39 is 5.82 Å². The molecule has 0 saturated carbocycles. The van der Waals surface area contributed by atoms with Gasteiger partial charge in [0.05, 0.1) is 23.3 Å². The summed E-state index contributed by atoms with van der Waals surface area (Å²) in [5.74, 6) is -1.11. The van der Waals surface area contributed by atoms with Crippen LogP contribution in [0.25, 0.3) is 0 Å². The van der Waals surface area contributed by atoms with E-state index in [1.54, 1.807) is 12.1 Å². The number of carbonyl (C=O) groups is 1. The van der Waals surface area contributed by atoms with Gasteiger partial charge >= 0.3 is 0 Å². The Kier molecular flexibility index (Phi) is 5.98. The minimum absolute atomic E-state index is 0.00759. The van der Waals surface area contributed by atoms with Crippen LogP contribution in [-0.4, -0.2) is 12.5 Å². The minimum Gasteiger partial charge on any atom is -0.324 e. The molecule has 0 aliphatic heterocycles. The zero-order chi connectivity index (χ0) is 18.5. The summed E-state index contributed by atoms with van der Waals surface area (Å²) in [6, 6.07) is 13.5. The Balaban J connectivity index is 1.69. The summed E-state index contributed by atoms with van der Waals surface area (Å²) in [6.07, 6.45) is 0. The van der Waals surface area contributed by atoms with E-state index in [0.29, 0.717) is 5.69 Å². The summed E-state index contributed by atoms with van der Waals surface area (Å²) in [5, 5.41) is 7.88. The Labute approximate surface area is 158 Å². The van der Waals surface area contributed by atoms with Gasteiger partial charge in [0.1, 0.15) is 11.6 Å². The molecular formula is C19H15ClF2N2OS. The lowest BCUT2D eigenvalue weighted by molar-refractivity contribution is -0.115. The molecule has 1 amide bonds. The number of thiophene rings is 1. The minimum atomic E-state index is -0.472. The van der Waals surface area contributed by atoms with Crippen LogP contribution in [-0.2, 0) is 4.79 Å². The molecule has 0 fully saturated rings. The highest BCUT2D eigenvalue weighted by molar-refractivity contribution is 7.10. The fourth-order valence-electron chi connectivity index (χ4n) is 2.47. The Morgan fingerprint density at radius 3 is 2.46 bits per heavy atom. The predicted octanol–water partition coefficient (Wildman–Crippen LogP) is 5.00. The molecule has 0 saturated heterocycles. The van der Waals surface area contributed by atoms with E-state index in [-0.39, 0.29) is 29.3 Å².